The Bertz CT molecular complexity index is 1290. The van der Waals surface area contributed by atoms with Crippen LogP contribution in [0.1, 0.15) is 16.3 Å². The maximum atomic E-state index is 12.9. The van der Waals surface area contributed by atoms with Gasteiger partial charge < -0.3 is 19.8 Å². The highest BCUT2D eigenvalue weighted by molar-refractivity contribution is 7.19. The zero-order valence-electron chi connectivity index (χ0n) is 16.7. The van der Waals surface area contributed by atoms with Gasteiger partial charge in [0.25, 0.3) is 5.56 Å². The SMILES string of the molecule is Cc1ccc(-c2c(C)sc3nc(CNc4ccc5c(c4)OCCO5)[nH]c(=O)c23)cc1. The molecule has 0 saturated carbocycles. The number of thiophene rings is 1. The number of nitrogens with one attached hydrogen (secondary N) is 2. The molecule has 3 heterocycles. The lowest BCUT2D eigenvalue weighted by atomic mass is 10.0. The lowest BCUT2D eigenvalue weighted by Gasteiger charge is -2.19. The van der Waals surface area contributed by atoms with E-state index in [1.165, 1.54) is 5.56 Å². The zero-order chi connectivity index (χ0) is 20.7. The first kappa shape index (κ1) is 18.7. The average Bonchev–Trinajstić information content (AvgIpc) is 3.09. The zero-order valence-corrected chi connectivity index (χ0v) is 17.6. The number of aromatic amines is 1. The van der Waals surface area contributed by atoms with Crippen LogP contribution in [0.5, 0.6) is 11.5 Å². The Hall–Kier alpha value is -3.32. The molecule has 0 bridgehead atoms. The Balaban J connectivity index is 1.44. The van der Waals surface area contributed by atoms with Gasteiger partial charge >= 0.3 is 0 Å². The molecule has 4 aromatic rings. The maximum Gasteiger partial charge on any atom is 0.260 e. The van der Waals surface area contributed by atoms with Crippen molar-refractivity contribution in [1.82, 2.24) is 9.97 Å². The molecular weight excluding hydrogens is 398 g/mol. The molecule has 0 fully saturated rings. The summed E-state index contributed by atoms with van der Waals surface area (Å²) in [4.78, 5) is 22.4. The van der Waals surface area contributed by atoms with Crippen molar-refractivity contribution in [3.63, 3.8) is 0 Å². The van der Waals surface area contributed by atoms with E-state index in [0.29, 0.717) is 31.0 Å². The largest absolute Gasteiger partial charge is 0.486 e. The number of hydrogen-bond donors (Lipinski definition) is 2. The Kier molecular flexibility index (Phi) is 4.67. The van der Waals surface area contributed by atoms with E-state index in [0.717, 1.165) is 38.0 Å². The first-order valence-corrected chi connectivity index (χ1v) is 10.6. The van der Waals surface area contributed by atoms with Crippen LogP contribution in [0.25, 0.3) is 21.3 Å². The fourth-order valence-corrected chi connectivity index (χ4v) is 4.72. The molecule has 0 spiro atoms. The Morgan fingerprint density at radius 2 is 1.83 bits per heavy atom. The van der Waals surface area contributed by atoms with Gasteiger partial charge in [0.2, 0.25) is 0 Å². The predicted octanol–water partition coefficient (Wildman–Crippen LogP) is 4.65. The van der Waals surface area contributed by atoms with E-state index >= 15 is 0 Å². The fraction of sp³-hybridized carbons (Fsp3) is 0.217. The van der Waals surface area contributed by atoms with Crippen molar-refractivity contribution in [2.45, 2.75) is 20.4 Å². The van der Waals surface area contributed by atoms with Gasteiger partial charge in [0, 0.05) is 22.2 Å². The van der Waals surface area contributed by atoms with E-state index in [4.69, 9.17) is 14.5 Å². The number of ether oxygens (including phenoxy) is 2. The van der Waals surface area contributed by atoms with Crippen LogP contribution < -0.4 is 20.3 Å². The van der Waals surface area contributed by atoms with Crippen molar-refractivity contribution >= 4 is 27.2 Å². The summed E-state index contributed by atoms with van der Waals surface area (Å²) in [5.41, 5.74) is 3.97. The molecule has 6 nitrogen and oxygen atoms in total. The van der Waals surface area contributed by atoms with Crippen molar-refractivity contribution in [3.05, 3.63) is 69.1 Å². The highest BCUT2D eigenvalue weighted by Crippen LogP contribution is 2.36. The Morgan fingerprint density at radius 1 is 1.07 bits per heavy atom. The molecule has 152 valence electrons. The minimum atomic E-state index is -0.112. The van der Waals surface area contributed by atoms with Crippen LogP contribution in [-0.2, 0) is 6.54 Å². The summed E-state index contributed by atoms with van der Waals surface area (Å²) in [6, 6.07) is 13.9. The summed E-state index contributed by atoms with van der Waals surface area (Å²) in [5, 5.41) is 3.96. The summed E-state index contributed by atoms with van der Waals surface area (Å²) in [6.45, 7) is 5.60. The molecule has 2 aromatic carbocycles. The molecule has 1 aliphatic rings. The molecule has 0 aliphatic carbocycles. The van der Waals surface area contributed by atoms with Gasteiger partial charge in [-0.1, -0.05) is 29.8 Å². The van der Waals surface area contributed by atoms with Crippen LogP contribution in [0.15, 0.2) is 47.3 Å². The second-order valence-electron chi connectivity index (χ2n) is 7.30. The number of aryl methyl sites for hydroxylation is 2. The van der Waals surface area contributed by atoms with Gasteiger partial charge in [-0.05, 0) is 31.5 Å². The first-order chi connectivity index (χ1) is 14.6. The smallest absolute Gasteiger partial charge is 0.260 e. The summed E-state index contributed by atoms with van der Waals surface area (Å²) in [5.74, 6) is 2.07. The van der Waals surface area contributed by atoms with Crippen LogP contribution in [0.2, 0.25) is 0 Å². The molecule has 0 saturated heterocycles. The van der Waals surface area contributed by atoms with E-state index in [1.54, 1.807) is 11.3 Å². The van der Waals surface area contributed by atoms with E-state index < -0.39 is 0 Å². The van der Waals surface area contributed by atoms with Gasteiger partial charge in [-0.15, -0.1) is 11.3 Å². The molecule has 0 unspecified atom stereocenters. The molecular formula is C23H21N3O3S. The molecule has 5 rings (SSSR count). The number of aromatic nitrogens is 2. The van der Waals surface area contributed by atoms with E-state index in [2.05, 4.69) is 41.5 Å². The molecule has 1 aliphatic heterocycles. The molecule has 0 radical (unpaired) electrons. The summed E-state index contributed by atoms with van der Waals surface area (Å²) < 4.78 is 11.2. The molecule has 7 heteroatoms. The van der Waals surface area contributed by atoms with Crippen molar-refractivity contribution in [1.29, 1.82) is 0 Å². The third-order valence-corrected chi connectivity index (χ3v) is 6.13. The minimum Gasteiger partial charge on any atom is -0.486 e. The molecule has 0 amide bonds. The molecule has 0 atom stereocenters. The number of H-pyrrole nitrogens is 1. The molecule has 2 N–H and O–H groups in total. The normalized spacial score (nSPS) is 12.9. The van der Waals surface area contributed by atoms with Crippen LogP contribution >= 0.6 is 11.3 Å². The topological polar surface area (TPSA) is 76.2 Å². The third kappa shape index (κ3) is 3.41. The first-order valence-electron chi connectivity index (χ1n) is 9.81. The summed E-state index contributed by atoms with van der Waals surface area (Å²) in [6.07, 6.45) is 0. The number of fused-ring (bicyclic) bond motifs is 2. The predicted molar refractivity (Wildman–Crippen MR) is 120 cm³/mol. The van der Waals surface area contributed by atoms with Crippen LogP contribution in [0.3, 0.4) is 0 Å². The second-order valence-corrected chi connectivity index (χ2v) is 8.51. The summed E-state index contributed by atoms with van der Waals surface area (Å²) >= 11 is 1.55. The van der Waals surface area contributed by atoms with Gasteiger partial charge in [0.05, 0.1) is 11.9 Å². The Morgan fingerprint density at radius 3 is 2.63 bits per heavy atom. The minimum absolute atomic E-state index is 0.112. The van der Waals surface area contributed by atoms with Gasteiger partial charge in [-0.3, -0.25) is 4.79 Å². The van der Waals surface area contributed by atoms with E-state index in [9.17, 15) is 4.79 Å². The second kappa shape index (κ2) is 7.50. The number of nitrogens with zero attached hydrogens (tertiary/aromatic N) is 1. The maximum absolute atomic E-state index is 12.9. The number of rotatable bonds is 4. The van der Waals surface area contributed by atoms with Gasteiger partial charge in [0.15, 0.2) is 11.5 Å². The lowest BCUT2D eigenvalue weighted by Crippen LogP contribution is -2.16. The van der Waals surface area contributed by atoms with Crippen LogP contribution in [-0.4, -0.2) is 23.2 Å². The van der Waals surface area contributed by atoms with E-state index in [-0.39, 0.29) is 5.56 Å². The number of benzene rings is 2. The molecule has 30 heavy (non-hydrogen) atoms. The van der Waals surface area contributed by atoms with Gasteiger partial charge in [-0.25, -0.2) is 4.98 Å². The van der Waals surface area contributed by atoms with E-state index in [1.807, 2.05) is 25.1 Å². The average molecular weight is 420 g/mol. The highest BCUT2D eigenvalue weighted by Gasteiger charge is 2.17. The fourth-order valence-electron chi connectivity index (χ4n) is 3.65. The quantitative estimate of drug-likeness (QED) is 0.503. The number of hydrogen-bond acceptors (Lipinski definition) is 6. The van der Waals surface area contributed by atoms with Gasteiger partial charge in [-0.2, -0.15) is 0 Å². The van der Waals surface area contributed by atoms with Gasteiger partial charge in [0.1, 0.15) is 23.9 Å². The standard InChI is InChI=1S/C23H21N3O3S/c1-13-3-5-15(6-4-13)20-14(2)30-23-21(20)22(27)25-19(26-23)12-24-16-7-8-17-18(11-16)29-10-9-28-17/h3-8,11,24H,9-10,12H2,1-2H3,(H,25,26,27). The van der Waals surface area contributed by atoms with Crippen LogP contribution in [0.4, 0.5) is 5.69 Å². The molecule has 2 aromatic heterocycles. The lowest BCUT2D eigenvalue weighted by molar-refractivity contribution is 0.171. The van der Waals surface area contributed by atoms with Crippen molar-refractivity contribution in [3.8, 4) is 22.6 Å². The monoisotopic (exact) mass is 419 g/mol. The third-order valence-electron chi connectivity index (χ3n) is 5.13. The van der Waals surface area contributed by atoms with Crippen molar-refractivity contribution in [2.75, 3.05) is 18.5 Å². The highest BCUT2D eigenvalue weighted by atomic mass is 32.1. The number of anilines is 1. The van der Waals surface area contributed by atoms with Crippen molar-refractivity contribution in [2.24, 2.45) is 0 Å². The van der Waals surface area contributed by atoms with Crippen molar-refractivity contribution < 1.29 is 9.47 Å². The summed E-state index contributed by atoms with van der Waals surface area (Å²) in [7, 11) is 0. The van der Waals surface area contributed by atoms with Crippen LogP contribution in [0, 0.1) is 13.8 Å². The Labute approximate surface area is 177 Å².